The van der Waals surface area contributed by atoms with Crippen LogP contribution in [0.15, 0.2) is 106 Å². The van der Waals surface area contributed by atoms with E-state index in [0.29, 0.717) is 22.6 Å². The van der Waals surface area contributed by atoms with Crippen molar-refractivity contribution < 1.29 is 13.9 Å². The van der Waals surface area contributed by atoms with Crippen LogP contribution >= 0.6 is 0 Å². The van der Waals surface area contributed by atoms with Gasteiger partial charge in [0.15, 0.2) is 0 Å². The first-order chi connectivity index (χ1) is 18.1. The molecule has 2 aromatic heterocycles. The molecule has 180 valence electrons. The van der Waals surface area contributed by atoms with E-state index in [9.17, 15) is 14.9 Å². The van der Waals surface area contributed by atoms with Crippen molar-refractivity contribution in [1.29, 1.82) is 5.26 Å². The Hall–Kier alpha value is -5.42. The first-order valence-corrected chi connectivity index (χ1v) is 11.3. The van der Waals surface area contributed by atoms with E-state index in [1.165, 1.54) is 13.2 Å². The Morgan fingerprint density at radius 2 is 1.84 bits per heavy atom. The van der Waals surface area contributed by atoms with E-state index in [-0.39, 0.29) is 16.8 Å². The molecule has 8 heteroatoms. The molecule has 0 saturated heterocycles. The predicted octanol–water partition coefficient (Wildman–Crippen LogP) is 5.20. The van der Waals surface area contributed by atoms with Gasteiger partial charge >= 0.3 is 5.63 Å². The van der Waals surface area contributed by atoms with Gasteiger partial charge in [-0.15, -0.1) is 0 Å². The van der Waals surface area contributed by atoms with Gasteiger partial charge in [0.05, 0.1) is 18.4 Å². The number of nitrogens with zero attached hydrogens (tertiary/aromatic N) is 3. The lowest BCUT2D eigenvalue weighted by Gasteiger charge is -2.06. The smallest absolute Gasteiger partial charge is 0.345 e. The number of nitrogens with one attached hydrogen (secondary N) is 1. The maximum absolute atomic E-state index is 13.0. The Morgan fingerprint density at radius 3 is 2.62 bits per heavy atom. The number of carbonyl (C=O) groups is 1. The molecular formula is C29H20N4O4. The molecule has 0 aliphatic heterocycles. The Morgan fingerprint density at radius 1 is 1.05 bits per heavy atom. The SMILES string of the molecule is COc1cccc(NC(=O)/C(C#N)=C\c2cn(-c3ccccc3)nc2-c2cc3ccccc3oc2=O)c1. The van der Waals surface area contributed by atoms with Crippen LogP contribution in [0, 0.1) is 11.3 Å². The number of methoxy groups -OCH3 is 1. The number of para-hydroxylation sites is 2. The average Bonchev–Trinajstić information content (AvgIpc) is 3.35. The average molecular weight is 489 g/mol. The molecule has 0 bridgehead atoms. The number of fused-ring (bicyclic) bond motifs is 1. The van der Waals surface area contributed by atoms with E-state index in [2.05, 4.69) is 10.4 Å². The third-order valence-electron chi connectivity index (χ3n) is 5.65. The zero-order valence-corrected chi connectivity index (χ0v) is 19.7. The molecule has 0 atom stereocenters. The van der Waals surface area contributed by atoms with Crippen molar-refractivity contribution in [2.75, 3.05) is 12.4 Å². The minimum atomic E-state index is -0.611. The highest BCUT2D eigenvalue weighted by Crippen LogP contribution is 2.27. The number of nitriles is 1. The monoisotopic (exact) mass is 488 g/mol. The second kappa shape index (κ2) is 10.1. The lowest BCUT2D eigenvalue weighted by atomic mass is 10.1. The van der Waals surface area contributed by atoms with Crippen LogP contribution < -0.4 is 15.7 Å². The van der Waals surface area contributed by atoms with Gasteiger partial charge in [0.1, 0.15) is 28.7 Å². The van der Waals surface area contributed by atoms with E-state index in [4.69, 9.17) is 9.15 Å². The van der Waals surface area contributed by atoms with Crippen LogP contribution in [0.3, 0.4) is 0 Å². The Kier molecular flexibility index (Phi) is 6.34. The summed E-state index contributed by atoms with van der Waals surface area (Å²) in [6, 6.07) is 26.9. The van der Waals surface area contributed by atoms with E-state index in [0.717, 1.165) is 11.1 Å². The highest BCUT2D eigenvalue weighted by atomic mass is 16.5. The van der Waals surface area contributed by atoms with Crippen molar-refractivity contribution in [2.45, 2.75) is 0 Å². The van der Waals surface area contributed by atoms with Crippen LogP contribution in [0.5, 0.6) is 5.75 Å². The lowest BCUT2D eigenvalue weighted by Crippen LogP contribution is -2.13. The largest absolute Gasteiger partial charge is 0.497 e. The molecule has 0 fully saturated rings. The molecule has 5 aromatic rings. The number of carbonyl (C=O) groups excluding carboxylic acids is 1. The standard InChI is InChI=1S/C29H20N4O4/c1-36-24-12-7-9-22(16-24)31-28(34)20(17-30)14-21-18-33(23-10-3-2-4-11-23)32-27(21)25-15-19-8-5-6-13-26(19)37-29(25)35/h2-16,18H,1H3,(H,31,34)/b20-14-. The minimum Gasteiger partial charge on any atom is -0.497 e. The van der Waals surface area contributed by atoms with Crippen molar-refractivity contribution >= 4 is 28.6 Å². The molecule has 5 rings (SSSR count). The fraction of sp³-hybridized carbons (Fsp3) is 0.0345. The van der Waals surface area contributed by atoms with Crippen LogP contribution in [-0.2, 0) is 4.79 Å². The van der Waals surface area contributed by atoms with Crippen molar-refractivity contribution in [1.82, 2.24) is 9.78 Å². The van der Waals surface area contributed by atoms with E-state index < -0.39 is 11.5 Å². The highest BCUT2D eigenvalue weighted by molar-refractivity contribution is 6.10. The molecule has 0 aliphatic rings. The molecule has 1 N–H and O–H groups in total. The van der Waals surface area contributed by atoms with Crippen LogP contribution in [-0.4, -0.2) is 22.8 Å². The molecule has 0 saturated carbocycles. The van der Waals surface area contributed by atoms with Crippen LogP contribution in [0.2, 0.25) is 0 Å². The van der Waals surface area contributed by atoms with Crippen molar-refractivity contribution in [3.8, 4) is 28.8 Å². The molecule has 2 heterocycles. The number of ether oxygens (including phenoxy) is 1. The summed E-state index contributed by atoms with van der Waals surface area (Å²) >= 11 is 0. The van der Waals surface area contributed by atoms with Crippen LogP contribution in [0.25, 0.3) is 34.0 Å². The summed E-state index contributed by atoms with van der Waals surface area (Å²) < 4.78 is 12.3. The van der Waals surface area contributed by atoms with Crippen molar-refractivity contribution in [2.24, 2.45) is 0 Å². The molecule has 0 unspecified atom stereocenters. The van der Waals surface area contributed by atoms with Gasteiger partial charge in [-0.05, 0) is 42.5 Å². The number of amides is 1. The number of anilines is 1. The topological polar surface area (TPSA) is 110 Å². The molecule has 0 aliphatic carbocycles. The fourth-order valence-corrected chi connectivity index (χ4v) is 3.85. The summed E-state index contributed by atoms with van der Waals surface area (Å²) in [5, 5.41) is 17.9. The van der Waals surface area contributed by atoms with Crippen LogP contribution in [0.4, 0.5) is 5.69 Å². The molecule has 1 amide bonds. The summed E-state index contributed by atoms with van der Waals surface area (Å²) in [5.74, 6) is -0.0468. The fourth-order valence-electron chi connectivity index (χ4n) is 3.85. The van der Waals surface area contributed by atoms with E-state index in [1.807, 2.05) is 48.5 Å². The van der Waals surface area contributed by atoms with Gasteiger partial charge in [-0.3, -0.25) is 4.79 Å². The molecule has 0 radical (unpaired) electrons. The predicted molar refractivity (Wildman–Crippen MR) is 140 cm³/mol. The minimum absolute atomic E-state index is 0.165. The number of hydrogen-bond donors (Lipinski definition) is 1. The maximum atomic E-state index is 13.0. The van der Waals surface area contributed by atoms with Gasteiger partial charge in [-0.25, -0.2) is 9.48 Å². The number of rotatable bonds is 6. The zero-order valence-electron chi connectivity index (χ0n) is 19.7. The summed E-state index contributed by atoms with van der Waals surface area (Å²) in [7, 11) is 1.52. The van der Waals surface area contributed by atoms with Crippen LogP contribution in [0.1, 0.15) is 5.56 Å². The Bertz CT molecular complexity index is 1740. The van der Waals surface area contributed by atoms with Gasteiger partial charge in [-0.1, -0.05) is 42.5 Å². The second-order valence-electron chi connectivity index (χ2n) is 8.05. The Balaban J connectivity index is 1.61. The lowest BCUT2D eigenvalue weighted by molar-refractivity contribution is -0.112. The van der Waals surface area contributed by atoms with Gasteiger partial charge in [0.25, 0.3) is 5.91 Å². The first-order valence-electron chi connectivity index (χ1n) is 11.3. The quantitative estimate of drug-likeness (QED) is 0.200. The van der Waals surface area contributed by atoms with Gasteiger partial charge < -0.3 is 14.5 Å². The summed E-state index contributed by atoms with van der Waals surface area (Å²) in [5.41, 5.74) is 1.83. The maximum Gasteiger partial charge on any atom is 0.345 e. The summed E-state index contributed by atoms with van der Waals surface area (Å²) in [4.78, 5) is 25.9. The molecule has 3 aromatic carbocycles. The normalized spacial score (nSPS) is 11.2. The third kappa shape index (κ3) is 4.88. The van der Waals surface area contributed by atoms with Crippen molar-refractivity contribution in [3.05, 3.63) is 113 Å². The molecular weight excluding hydrogens is 468 g/mol. The second-order valence-corrected chi connectivity index (χ2v) is 8.05. The van der Waals surface area contributed by atoms with Crippen molar-refractivity contribution in [3.63, 3.8) is 0 Å². The highest BCUT2D eigenvalue weighted by Gasteiger charge is 2.19. The number of hydrogen-bond acceptors (Lipinski definition) is 6. The van der Waals surface area contributed by atoms with Gasteiger partial charge in [0.2, 0.25) is 0 Å². The summed E-state index contributed by atoms with van der Waals surface area (Å²) in [6.45, 7) is 0. The molecule has 8 nitrogen and oxygen atoms in total. The zero-order chi connectivity index (χ0) is 25.8. The number of benzene rings is 3. The summed E-state index contributed by atoms with van der Waals surface area (Å²) in [6.07, 6.45) is 3.07. The molecule has 0 spiro atoms. The van der Waals surface area contributed by atoms with E-state index >= 15 is 0 Å². The Labute approximate surface area is 211 Å². The van der Waals surface area contributed by atoms with Gasteiger partial charge in [-0.2, -0.15) is 10.4 Å². The van der Waals surface area contributed by atoms with E-state index in [1.54, 1.807) is 53.3 Å². The first kappa shape index (κ1) is 23.3. The van der Waals surface area contributed by atoms with Gasteiger partial charge in [0, 0.05) is 28.9 Å². The molecule has 37 heavy (non-hydrogen) atoms. The number of aromatic nitrogens is 2. The third-order valence-corrected chi connectivity index (χ3v) is 5.65.